The third-order valence-corrected chi connectivity index (χ3v) is 5.85. The maximum atomic E-state index is 11.7. The number of β-amino-alcohol motifs (C(OH)–C–C–N with tert-alkyl or cyclic N) is 1. The minimum atomic E-state index is -0.433. The van der Waals surface area contributed by atoms with Crippen molar-refractivity contribution in [2.75, 3.05) is 54.8 Å². The monoisotopic (exact) mass is 450 g/mol. The van der Waals surface area contributed by atoms with Gasteiger partial charge in [-0.05, 0) is 48.4 Å². The summed E-state index contributed by atoms with van der Waals surface area (Å²) in [6.07, 6.45) is 0.917. The zero-order valence-corrected chi connectivity index (χ0v) is 18.4. The maximum absolute atomic E-state index is 11.7. The predicted octanol–water partition coefficient (Wildman–Crippen LogP) is 3.24. The Bertz CT molecular complexity index is 855. The van der Waals surface area contributed by atoms with Gasteiger partial charge in [-0.2, -0.15) is 0 Å². The van der Waals surface area contributed by atoms with Gasteiger partial charge in [0.1, 0.15) is 0 Å². The smallest absolute Gasteiger partial charge is 0.224 e. The van der Waals surface area contributed by atoms with Gasteiger partial charge >= 0.3 is 0 Å². The topological polar surface area (TPSA) is 67.8 Å². The lowest BCUT2D eigenvalue weighted by atomic mass is 10.00. The van der Waals surface area contributed by atoms with Gasteiger partial charge in [0, 0.05) is 67.8 Å². The standard InChI is InChI=1S/C22H27ClN4O2.ClH/c23-16-4-6-17(7-5-16)24-14-18(28)15-26-10-12-27(13-11-26)21-3-1-2-20-19(21)8-9-22(29)25-20;/h1-7,18,24,28H,8-15H2,(H,25,29);1H/t18-;/m1./s1. The zero-order chi connectivity index (χ0) is 20.2. The summed E-state index contributed by atoms with van der Waals surface area (Å²) in [6.45, 7) is 4.82. The molecule has 1 atom stereocenters. The molecule has 2 heterocycles. The first-order valence-corrected chi connectivity index (χ1v) is 10.5. The second kappa shape index (κ2) is 10.4. The largest absolute Gasteiger partial charge is 0.390 e. The number of carbonyl (C=O) groups excluding carboxylic acids is 1. The van der Waals surface area contributed by atoms with Crippen LogP contribution in [0.2, 0.25) is 5.02 Å². The van der Waals surface area contributed by atoms with E-state index in [9.17, 15) is 9.90 Å². The summed E-state index contributed by atoms with van der Waals surface area (Å²) in [4.78, 5) is 16.4. The number of rotatable bonds is 6. The number of hydrogen-bond acceptors (Lipinski definition) is 5. The highest BCUT2D eigenvalue weighted by Crippen LogP contribution is 2.32. The lowest BCUT2D eigenvalue weighted by Crippen LogP contribution is -2.49. The summed E-state index contributed by atoms with van der Waals surface area (Å²) in [5.41, 5.74) is 4.38. The second-order valence-corrected chi connectivity index (χ2v) is 8.12. The van der Waals surface area contributed by atoms with Gasteiger partial charge in [-0.25, -0.2) is 0 Å². The molecule has 162 valence electrons. The SMILES string of the molecule is Cl.O=C1CCc2c(cccc2N2CCN(C[C@H](O)CNc3ccc(Cl)cc3)CC2)N1. The van der Waals surface area contributed by atoms with Crippen molar-refractivity contribution in [3.63, 3.8) is 0 Å². The van der Waals surface area contributed by atoms with E-state index in [-0.39, 0.29) is 18.3 Å². The van der Waals surface area contributed by atoms with Crippen LogP contribution in [0.4, 0.5) is 17.1 Å². The molecule has 0 bridgehead atoms. The molecule has 0 unspecified atom stereocenters. The molecule has 0 radical (unpaired) electrons. The molecule has 0 spiro atoms. The Hall–Kier alpha value is -1.99. The van der Waals surface area contributed by atoms with E-state index >= 15 is 0 Å². The van der Waals surface area contributed by atoms with E-state index in [0.29, 0.717) is 24.5 Å². The number of hydrogen-bond donors (Lipinski definition) is 3. The Morgan fingerprint density at radius 1 is 1.07 bits per heavy atom. The highest BCUT2D eigenvalue weighted by Gasteiger charge is 2.24. The van der Waals surface area contributed by atoms with Gasteiger partial charge in [-0.3, -0.25) is 9.69 Å². The minimum Gasteiger partial charge on any atom is -0.390 e. The van der Waals surface area contributed by atoms with Crippen LogP contribution in [0.3, 0.4) is 0 Å². The van der Waals surface area contributed by atoms with E-state index in [1.165, 1.54) is 11.3 Å². The van der Waals surface area contributed by atoms with Crippen molar-refractivity contribution in [1.29, 1.82) is 0 Å². The quantitative estimate of drug-likeness (QED) is 0.630. The third-order valence-electron chi connectivity index (χ3n) is 5.60. The molecular weight excluding hydrogens is 423 g/mol. The number of benzene rings is 2. The van der Waals surface area contributed by atoms with Crippen LogP contribution in [0.5, 0.6) is 0 Å². The van der Waals surface area contributed by atoms with Crippen LogP contribution < -0.4 is 15.5 Å². The van der Waals surface area contributed by atoms with Crippen LogP contribution in [0.15, 0.2) is 42.5 Å². The van der Waals surface area contributed by atoms with E-state index in [1.54, 1.807) is 0 Å². The summed E-state index contributed by atoms with van der Waals surface area (Å²) >= 11 is 5.90. The molecule has 2 aromatic rings. The van der Waals surface area contributed by atoms with Gasteiger partial charge in [-0.15, -0.1) is 12.4 Å². The van der Waals surface area contributed by atoms with Crippen LogP contribution in [-0.2, 0) is 11.2 Å². The second-order valence-electron chi connectivity index (χ2n) is 7.68. The summed E-state index contributed by atoms with van der Waals surface area (Å²) in [5.74, 6) is 0.0978. The van der Waals surface area contributed by atoms with Gasteiger partial charge in [-0.1, -0.05) is 17.7 Å². The molecule has 3 N–H and O–H groups in total. The molecule has 8 heteroatoms. The highest BCUT2D eigenvalue weighted by molar-refractivity contribution is 6.30. The normalized spacial score (nSPS) is 17.5. The number of nitrogens with one attached hydrogen (secondary N) is 2. The van der Waals surface area contributed by atoms with Crippen LogP contribution >= 0.6 is 24.0 Å². The van der Waals surface area contributed by atoms with Crippen LogP contribution in [0.1, 0.15) is 12.0 Å². The van der Waals surface area contributed by atoms with Crippen LogP contribution in [0, 0.1) is 0 Å². The molecule has 0 saturated carbocycles. The van der Waals surface area contributed by atoms with Crippen LogP contribution in [0.25, 0.3) is 0 Å². The van der Waals surface area contributed by atoms with Gasteiger partial charge in [0.05, 0.1) is 6.10 Å². The summed E-state index contributed by atoms with van der Waals surface area (Å²) in [7, 11) is 0. The number of carbonyl (C=O) groups is 1. The summed E-state index contributed by atoms with van der Waals surface area (Å²) in [6, 6.07) is 13.6. The van der Waals surface area contributed by atoms with Crippen molar-refractivity contribution in [3.8, 4) is 0 Å². The molecule has 30 heavy (non-hydrogen) atoms. The average molecular weight is 451 g/mol. The zero-order valence-electron chi connectivity index (χ0n) is 16.8. The van der Waals surface area contributed by atoms with E-state index in [2.05, 4.69) is 26.5 Å². The van der Waals surface area contributed by atoms with Crippen molar-refractivity contribution in [3.05, 3.63) is 53.1 Å². The number of piperazine rings is 1. The summed E-state index contributed by atoms with van der Waals surface area (Å²) < 4.78 is 0. The van der Waals surface area contributed by atoms with Gasteiger partial charge < -0.3 is 20.6 Å². The Morgan fingerprint density at radius 3 is 2.53 bits per heavy atom. The van der Waals surface area contributed by atoms with Crippen molar-refractivity contribution in [2.24, 2.45) is 0 Å². The fourth-order valence-electron chi connectivity index (χ4n) is 4.04. The number of anilines is 3. The van der Waals surface area contributed by atoms with Crippen LogP contribution in [-0.4, -0.2) is 61.3 Å². The Labute approximate surface area is 188 Å². The predicted molar refractivity (Wildman–Crippen MR) is 125 cm³/mol. The molecule has 2 aliphatic rings. The summed E-state index contributed by atoms with van der Waals surface area (Å²) in [5, 5.41) is 17.3. The first kappa shape index (κ1) is 22.7. The molecular formula is C22H28Cl2N4O2. The van der Waals surface area contributed by atoms with Crippen molar-refractivity contribution < 1.29 is 9.90 Å². The number of nitrogens with zero attached hydrogens (tertiary/aromatic N) is 2. The number of aliphatic hydroxyl groups is 1. The van der Waals surface area contributed by atoms with E-state index in [0.717, 1.165) is 44.0 Å². The lowest BCUT2D eigenvalue weighted by molar-refractivity contribution is -0.116. The number of amides is 1. The first-order valence-electron chi connectivity index (χ1n) is 10.1. The molecule has 0 aromatic heterocycles. The van der Waals surface area contributed by atoms with Crippen molar-refractivity contribution >= 4 is 47.0 Å². The highest BCUT2D eigenvalue weighted by atomic mass is 35.5. The molecule has 1 fully saturated rings. The van der Waals surface area contributed by atoms with E-state index < -0.39 is 6.10 Å². The molecule has 4 rings (SSSR count). The molecule has 1 saturated heterocycles. The van der Waals surface area contributed by atoms with Gasteiger partial charge in [0.25, 0.3) is 0 Å². The van der Waals surface area contributed by atoms with Crippen molar-refractivity contribution in [1.82, 2.24) is 4.90 Å². The maximum Gasteiger partial charge on any atom is 0.224 e. The van der Waals surface area contributed by atoms with Crippen molar-refractivity contribution in [2.45, 2.75) is 18.9 Å². The third kappa shape index (κ3) is 5.58. The number of aliphatic hydroxyl groups excluding tert-OH is 1. The molecule has 2 aliphatic heterocycles. The molecule has 0 aliphatic carbocycles. The number of halogens is 2. The number of fused-ring (bicyclic) bond motifs is 1. The fraction of sp³-hybridized carbons (Fsp3) is 0.409. The fourth-order valence-corrected chi connectivity index (χ4v) is 4.17. The average Bonchev–Trinajstić information content (AvgIpc) is 2.73. The van der Waals surface area contributed by atoms with Gasteiger partial charge in [0.15, 0.2) is 0 Å². The van der Waals surface area contributed by atoms with Gasteiger partial charge in [0.2, 0.25) is 5.91 Å². The molecule has 6 nitrogen and oxygen atoms in total. The van der Waals surface area contributed by atoms with E-state index in [4.69, 9.17) is 11.6 Å². The lowest BCUT2D eigenvalue weighted by Gasteiger charge is -2.38. The first-order chi connectivity index (χ1) is 14.1. The molecule has 2 aromatic carbocycles. The van der Waals surface area contributed by atoms with E-state index in [1.807, 2.05) is 36.4 Å². The Kier molecular flexibility index (Phi) is 7.83. The minimum absolute atomic E-state index is 0. The Balaban J connectivity index is 0.00000256. The Morgan fingerprint density at radius 2 is 1.80 bits per heavy atom. The molecule has 1 amide bonds.